The first-order chi connectivity index (χ1) is 8.66. The average molecular weight is 262 g/mol. The summed E-state index contributed by atoms with van der Waals surface area (Å²) < 4.78 is 1.69. The lowest BCUT2D eigenvalue weighted by Crippen LogP contribution is -2.07. The zero-order chi connectivity index (χ0) is 12.7. The molecule has 0 spiro atoms. The van der Waals surface area contributed by atoms with Crippen LogP contribution in [0.5, 0.6) is 0 Å². The smallest absolute Gasteiger partial charge is 0.192 e. The number of aromatic amines is 1. The molecular formula is C11H8ClN5O. The third kappa shape index (κ3) is 1.58. The van der Waals surface area contributed by atoms with Gasteiger partial charge in [0.15, 0.2) is 16.9 Å². The second kappa shape index (κ2) is 3.92. The fourth-order valence-corrected chi connectivity index (χ4v) is 2.04. The predicted molar refractivity (Wildman–Crippen MR) is 66.6 cm³/mol. The zero-order valence-electron chi connectivity index (χ0n) is 9.38. The first-order valence-electron chi connectivity index (χ1n) is 5.22. The van der Waals surface area contributed by atoms with Crippen molar-refractivity contribution in [1.29, 1.82) is 0 Å². The highest BCUT2D eigenvalue weighted by atomic mass is 35.5. The Balaban J connectivity index is 2.38. The van der Waals surface area contributed by atoms with Crippen molar-refractivity contribution in [1.82, 2.24) is 24.6 Å². The Bertz CT molecular complexity index is 791. The molecule has 1 N–H and O–H groups in total. The summed E-state index contributed by atoms with van der Waals surface area (Å²) >= 11 is 5.85. The maximum Gasteiger partial charge on any atom is 0.192 e. The molecule has 18 heavy (non-hydrogen) atoms. The van der Waals surface area contributed by atoms with Gasteiger partial charge in [0.25, 0.3) is 0 Å². The van der Waals surface area contributed by atoms with E-state index < -0.39 is 0 Å². The van der Waals surface area contributed by atoms with Gasteiger partial charge in [-0.25, -0.2) is 4.98 Å². The van der Waals surface area contributed by atoms with Gasteiger partial charge in [0.2, 0.25) is 0 Å². The van der Waals surface area contributed by atoms with Crippen molar-refractivity contribution in [3.8, 4) is 11.4 Å². The summed E-state index contributed by atoms with van der Waals surface area (Å²) in [5.41, 5.74) is 0.875. The van der Waals surface area contributed by atoms with Crippen LogP contribution in [0.1, 0.15) is 5.82 Å². The second-order valence-electron chi connectivity index (χ2n) is 3.77. The summed E-state index contributed by atoms with van der Waals surface area (Å²) in [5.74, 6) is 1.08. The average Bonchev–Trinajstić information content (AvgIpc) is 2.73. The highest BCUT2D eigenvalue weighted by Gasteiger charge is 2.13. The minimum Gasteiger partial charge on any atom is -0.367 e. The van der Waals surface area contributed by atoms with Gasteiger partial charge in [-0.05, 0) is 6.92 Å². The molecule has 3 aromatic heterocycles. The Kier molecular flexibility index (Phi) is 2.38. The SMILES string of the molecule is Cc1nc(Cl)cc2nnc(-c3c[nH]ccc3=O)n12. The van der Waals surface area contributed by atoms with Gasteiger partial charge >= 0.3 is 0 Å². The van der Waals surface area contributed by atoms with E-state index in [0.717, 1.165) is 0 Å². The Morgan fingerprint density at radius 1 is 1.39 bits per heavy atom. The molecule has 3 rings (SSSR count). The topological polar surface area (TPSA) is 75.9 Å². The van der Waals surface area contributed by atoms with E-state index in [-0.39, 0.29) is 5.43 Å². The van der Waals surface area contributed by atoms with Crippen LogP contribution >= 0.6 is 11.6 Å². The molecular weight excluding hydrogens is 254 g/mol. The number of aryl methyl sites for hydroxylation is 1. The van der Waals surface area contributed by atoms with E-state index in [1.807, 2.05) is 0 Å². The summed E-state index contributed by atoms with van der Waals surface area (Å²) in [5, 5.41) is 8.36. The molecule has 7 heteroatoms. The molecule has 0 unspecified atom stereocenters. The van der Waals surface area contributed by atoms with E-state index in [9.17, 15) is 4.79 Å². The second-order valence-corrected chi connectivity index (χ2v) is 4.15. The van der Waals surface area contributed by atoms with Crippen LogP contribution < -0.4 is 5.43 Å². The molecule has 0 fully saturated rings. The lowest BCUT2D eigenvalue weighted by atomic mass is 10.2. The van der Waals surface area contributed by atoms with Crippen LogP contribution in [0.4, 0.5) is 0 Å². The van der Waals surface area contributed by atoms with Crippen LogP contribution in [0.15, 0.2) is 29.3 Å². The maximum absolute atomic E-state index is 11.8. The van der Waals surface area contributed by atoms with Crippen molar-refractivity contribution >= 4 is 17.2 Å². The Morgan fingerprint density at radius 2 is 2.22 bits per heavy atom. The van der Waals surface area contributed by atoms with Crippen LogP contribution in [0, 0.1) is 6.92 Å². The lowest BCUT2D eigenvalue weighted by Gasteiger charge is -2.02. The first kappa shape index (κ1) is 10.9. The molecule has 0 amide bonds. The van der Waals surface area contributed by atoms with E-state index in [1.54, 1.807) is 29.8 Å². The summed E-state index contributed by atoms with van der Waals surface area (Å²) in [6, 6.07) is 3.04. The minimum atomic E-state index is -0.127. The van der Waals surface area contributed by atoms with Gasteiger partial charge < -0.3 is 4.98 Å². The standard InChI is InChI=1S/C11H8ClN5O/c1-6-14-9(12)4-10-15-16-11(17(6)10)7-5-13-3-2-8(7)18/h2-5H,1H3,(H,13,18). The number of nitrogens with one attached hydrogen (secondary N) is 1. The largest absolute Gasteiger partial charge is 0.367 e. The van der Waals surface area contributed by atoms with Gasteiger partial charge in [0.05, 0.1) is 5.56 Å². The highest BCUT2D eigenvalue weighted by molar-refractivity contribution is 6.29. The van der Waals surface area contributed by atoms with Crippen molar-refractivity contribution in [2.24, 2.45) is 0 Å². The number of pyridine rings is 1. The molecule has 0 atom stereocenters. The van der Waals surface area contributed by atoms with Crippen molar-refractivity contribution in [2.45, 2.75) is 6.92 Å². The summed E-state index contributed by atoms with van der Waals surface area (Å²) in [6.07, 6.45) is 3.16. The van der Waals surface area contributed by atoms with E-state index in [0.29, 0.717) is 28.0 Å². The highest BCUT2D eigenvalue weighted by Crippen LogP contribution is 2.17. The summed E-state index contributed by atoms with van der Waals surface area (Å²) in [4.78, 5) is 18.8. The molecule has 6 nitrogen and oxygen atoms in total. The quantitative estimate of drug-likeness (QED) is 0.673. The van der Waals surface area contributed by atoms with Gasteiger partial charge in [0, 0.05) is 24.5 Å². The Morgan fingerprint density at radius 3 is 3.00 bits per heavy atom. The monoisotopic (exact) mass is 261 g/mol. The fourth-order valence-electron chi connectivity index (χ4n) is 1.82. The lowest BCUT2D eigenvalue weighted by molar-refractivity contribution is 0.985. The number of hydrogen-bond donors (Lipinski definition) is 1. The summed E-state index contributed by atoms with van der Waals surface area (Å²) in [6.45, 7) is 1.78. The number of hydrogen-bond acceptors (Lipinski definition) is 4. The molecule has 0 aliphatic heterocycles. The molecule has 3 aromatic rings. The van der Waals surface area contributed by atoms with Gasteiger partial charge in [0.1, 0.15) is 11.0 Å². The normalized spacial score (nSPS) is 11.0. The van der Waals surface area contributed by atoms with Crippen LogP contribution in [0.3, 0.4) is 0 Å². The third-order valence-electron chi connectivity index (χ3n) is 2.59. The van der Waals surface area contributed by atoms with E-state index >= 15 is 0 Å². The number of rotatable bonds is 1. The van der Waals surface area contributed by atoms with Crippen LogP contribution in [-0.2, 0) is 0 Å². The van der Waals surface area contributed by atoms with E-state index in [1.165, 1.54) is 6.07 Å². The first-order valence-corrected chi connectivity index (χ1v) is 5.60. The molecule has 0 saturated heterocycles. The molecule has 0 aliphatic carbocycles. The molecule has 90 valence electrons. The van der Waals surface area contributed by atoms with Crippen molar-refractivity contribution in [3.05, 3.63) is 45.7 Å². The molecule has 0 aromatic carbocycles. The summed E-state index contributed by atoms with van der Waals surface area (Å²) in [7, 11) is 0. The Hall–Kier alpha value is -2.21. The number of aromatic nitrogens is 5. The van der Waals surface area contributed by atoms with Crippen LogP contribution in [0.2, 0.25) is 5.15 Å². The predicted octanol–water partition coefficient (Wildman–Crippen LogP) is 1.44. The number of halogens is 1. The molecule has 0 aliphatic rings. The van der Waals surface area contributed by atoms with Crippen molar-refractivity contribution < 1.29 is 0 Å². The molecule has 0 bridgehead atoms. The number of nitrogens with zero attached hydrogens (tertiary/aromatic N) is 4. The van der Waals surface area contributed by atoms with Crippen LogP contribution in [0.25, 0.3) is 17.0 Å². The van der Waals surface area contributed by atoms with Gasteiger partial charge in [-0.2, -0.15) is 0 Å². The maximum atomic E-state index is 11.8. The third-order valence-corrected chi connectivity index (χ3v) is 2.79. The molecule has 0 radical (unpaired) electrons. The Labute approximate surface area is 106 Å². The van der Waals surface area contributed by atoms with E-state index in [2.05, 4.69) is 20.2 Å². The molecule has 0 saturated carbocycles. The van der Waals surface area contributed by atoms with Crippen LogP contribution in [-0.4, -0.2) is 24.6 Å². The zero-order valence-corrected chi connectivity index (χ0v) is 10.1. The van der Waals surface area contributed by atoms with Crippen molar-refractivity contribution in [2.75, 3.05) is 0 Å². The number of fused-ring (bicyclic) bond motifs is 1. The van der Waals surface area contributed by atoms with Gasteiger partial charge in [-0.3, -0.25) is 9.20 Å². The molecule has 3 heterocycles. The van der Waals surface area contributed by atoms with E-state index in [4.69, 9.17) is 11.6 Å². The van der Waals surface area contributed by atoms with Gasteiger partial charge in [-0.15, -0.1) is 10.2 Å². The minimum absolute atomic E-state index is 0.127. The number of H-pyrrole nitrogens is 1. The van der Waals surface area contributed by atoms with Gasteiger partial charge in [-0.1, -0.05) is 11.6 Å². The fraction of sp³-hybridized carbons (Fsp3) is 0.0909. The van der Waals surface area contributed by atoms with Crippen molar-refractivity contribution in [3.63, 3.8) is 0 Å².